The van der Waals surface area contributed by atoms with E-state index in [-0.39, 0.29) is 5.54 Å². The Kier molecular flexibility index (Phi) is 2.98. The molecule has 1 aromatic rings. The van der Waals surface area contributed by atoms with Crippen LogP contribution < -0.4 is 5.73 Å². The molecule has 0 amide bonds. The molecule has 1 aliphatic heterocycles. The highest BCUT2D eigenvalue weighted by Gasteiger charge is 2.50. The molecule has 0 saturated heterocycles. The SMILES string of the molecule is CC1CCC2(CN=C(N)N2C2CCCC2)c2ccccc21. The molecule has 1 fully saturated rings. The minimum Gasteiger partial charge on any atom is -0.370 e. The van der Waals surface area contributed by atoms with E-state index in [1.54, 1.807) is 0 Å². The monoisotopic (exact) mass is 283 g/mol. The quantitative estimate of drug-likeness (QED) is 0.858. The highest BCUT2D eigenvalue weighted by molar-refractivity contribution is 5.82. The van der Waals surface area contributed by atoms with Gasteiger partial charge in [0.25, 0.3) is 0 Å². The van der Waals surface area contributed by atoms with Crippen LogP contribution in [0.3, 0.4) is 0 Å². The summed E-state index contributed by atoms with van der Waals surface area (Å²) >= 11 is 0. The van der Waals surface area contributed by atoms with Crippen LogP contribution in [-0.4, -0.2) is 23.4 Å². The van der Waals surface area contributed by atoms with Gasteiger partial charge < -0.3 is 10.6 Å². The van der Waals surface area contributed by atoms with Crippen LogP contribution in [0.5, 0.6) is 0 Å². The maximum atomic E-state index is 6.33. The molecule has 2 atom stereocenters. The van der Waals surface area contributed by atoms with Gasteiger partial charge in [0.05, 0.1) is 12.1 Å². The highest BCUT2D eigenvalue weighted by atomic mass is 15.4. The van der Waals surface area contributed by atoms with Crippen LogP contribution >= 0.6 is 0 Å². The van der Waals surface area contributed by atoms with Gasteiger partial charge in [-0.3, -0.25) is 4.99 Å². The molecule has 21 heavy (non-hydrogen) atoms. The van der Waals surface area contributed by atoms with Gasteiger partial charge in [0.1, 0.15) is 0 Å². The van der Waals surface area contributed by atoms with E-state index in [0.717, 1.165) is 12.5 Å². The lowest BCUT2D eigenvalue weighted by molar-refractivity contribution is 0.122. The van der Waals surface area contributed by atoms with E-state index in [9.17, 15) is 0 Å². The van der Waals surface area contributed by atoms with E-state index in [1.165, 1.54) is 49.7 Å². The number of guanidine groups is 1. The van der Waals surface area contributed by atoms with Crippen LogP contribution in [-0.2, 0) is 5.54 Å². The molecule has 0 aromatic heterocycles. The first-order chi connectivity index (χ1) is 10.2. The smallest absolute Gasteiger partial charge is 0.192 e. The summed E-state index contributed by atoms with van der Waals surface area (Å²) in [7, 11) is 0. The average molecular weight is 283 g/mol. The highest BCUT2D eigenvalue weighted by Crippen LogP contribution is 2.49. The number of aliphatic imine (C=N–C) groups is 1. The first kappa shape index (κ1) is 13.2. The van der Waals surface area contributed by atoms with Crippen molar-refractivity contribution >= 4 is 5.96 Å². The normalized spacial score (nSPS) is 32.5. The van der Waals surface area contributed by atoms with E-state index in [4.69, 9.17) is 5.73 Å². The summed E-state index contributed by atoms with van der Waals surface area (Å²) < 4.78 is 0. The summed E-state index contributed by atoms with van der Waals surface area (Å²) in [5.74, 6) is 1.44. The lowest BCUT2D eigenvalue weighted by atomic mass is 9.71. The largest absolute Gasteiger partial charge is 0.370 e. The molecule has 1 spiro atoms. The lowest BCUT2D eigenvalue weighted by Gasteiger charge is -2.47. The average Bonchev–Trinajstić information content (AvgIpc) is 3.12. The first-order valence-electron chi connectivity index (χ1n) is 8.41. The molecule has 112 valence electrons. The van der Waals surface area contributed by atoms with Gasteiger partial charge in [-0.05, 0) is 42.7 Å². The van der Waals surface area contributed by atoms with Crippen molar-refractivity contribution in [2.45, 2.75) is 62.9 Å². The number of rotatable bonds is 1. The van der Waals surface area contributed by atoms with Crippen molar-refractivity contribution in [1.82, 2.24) is 4.90 Å². The summed E-state index contributed by atoms with van der Waals surface area (Å²) in [5, 5.41) is 0. The molecular weight excluding hydrogens is 258 g/mol. The summed E-state index contributed by atoms with van der Waals surface area (Å²) in [5.41, 5.74) is 9.37. The second-order valence-corrected chi connectivity index (χ2v) is 7.04. The fourth-order valence-corrected chi connectivity index (χ4v) is 4.79. The zero-order valence-corrected chi connectivity index (χ0v) is 12.9. The molecule has 3 nitrogen and oxygen atoms in total. The van der Waals surface area contributed by atoms with Crippen LogP contribution in [0.25, 0.3) is 0 Å². The first-order valence-corrected chi connectivity index (χ1v) is 8.41. The Hall–Kier alpha value is -1.51. The molecule has 0 radical (unpaired) electrons. The fourth-order valence-electron chi connectivity index (χ4n) is 4.79. The number of hydrogen-bond acceptors (Lipinski definition) is 3. The zero-order valence-electron chi connectivity index (χ0n) is 12.9. The molecule has 1 saturated carbocycles. The van der Waals surface area contributed by atoms with Gasteiger partial charge in [-0.2, -0.15) is 0 Å². The lowest BCUT2D eigenvalue weighted by Crippen LogP contribution is -2.55. The van der Waals surface area contributed by atoms with E-state index >= 15 is 0 Å². The third kappa shape index (κ3) is 1.82. The number of nitrogens with two attached hydrogens (primary N) is 1. The Bertz CT molecular complexity index is 574. The zero-order chi connectivity index (χ0) is 14.4. The van der Waals surface area contributed by atoms with E-state index < -0.39 is 0 Å². The minimum absolute atomic E-state index is 0.0438. The van der Waals surface area contributed by atoms with Crippen LogP contribution in [0.1, 0.15) is 62.5 Å². The Labute approximate surface area is 127 Å². The Morgan fingerprint density at radius 3 is 2.76 bits per heavy atom. The van der Waals surface area contributed by atoms with Crippen LogP contribution in [0, 0.1) is 0 Å². The summed E-state index contributed by atoms with van der Waals surface area (Å²) in [6, 6.07) is 9.58. The molecule has 2 N–H and O–H groups in total. The minimum atomic E-state index is 0.0438. The van der Waals surface area contributed by atoms with Crippen molar-refractivity contribution < 1.29 is 0 Å². The summed E-state index contributed by atoms with van der Waals surface area (Å²) in [6.45, 7) is 3.20. The van der Waals surface area contributed by atoms with Gasteiger partial charge >= 0.3 is 0 Å². The topological polar surface area (TPSA) is 41.6 Å². The van der Waals surface area contributed by atoms with Gasteiger partial charge in [0, 0.05) is 6.04 Å². The predicted molar refractivity (Wildman–Crippen MR) is 86.4 cm³/mol. The Morgan fingerprint density at radius 1 is 1.19 bits per heavy atom. The third-order valence-electron chi connectivity index (χ3n) is 5.88. The standard InChI is InChI=1S/C18H25N3/c1-13-10-11-18(16-9-5-4-8-15(13)16)12-20-17(19)21(18)14-6-2-3-7-14/h4-5,8-9,13-14H,2-3,6-7,10-12H2,1H3,(H2,19,20). The predicted octanol–water partition coefficient (Wildman–Crippen LogP) is 3.35. The van der Waals surface area contributed by atoms with Crippen molar-refractivity contribution in [3.8, 4) is 0 Å². The second kappa shape index (κ2) is 4.75. The number of hydrogen-bond donors (Lipinski definition) is 1. The summed E-state index contributed by atoms with van der Waals surface area (Å²) in [6.07, 6.45) is 7.64. The molecule has 4 rings (SSSR count). The van der Waals surface area contributed by atoms with Gasteiger partial charge in [0.15, 0.2) is 5.96 Å². The molecule has 3 aliphatic rings. The number of nitrogens with zero attached hydrogens (tertiary/aromatic N) is 2. The van der Waals surface area contributed by atoms with Crippen LogP contribution in [0.2, 0.25) is 0 Å². The molecule has 2 aliphatic carbocycles. The molecule has 2 unspecified atom stereocenters. The van der Waals surface area contributed by atoms with Gasteiger partial charge in [-0.15, -0.1) is 0 Å². The number of benzene rings is 1. The van der Waals surface area contributed by atoms with Gasteiger partial charge in [0.2, 0.25) is 0 Å². The van der Waals surface area contributed by atoms with Crippen molar-refractivity contribution in [1.29, 1.82) is 0 Å². The maximum absolute atomic E-state index is 6.33. The van der Waals surface area contributed by atoms with Gasteiger partial charge in [-0.1, -0.05) is 44.0 Å². The maximum Gasteiger partial charge on any atom is 0.192 e. The Morgan fingerprint density at radius 2 is 1.95 bits per heavy atom. The van der Waals surface area contributed by atoms with Crippen molar-refractivity contribution in [2.75, 3.05) is 6.54 Å². The molecular formula is C18H25N3. The summed E-state index contributed by atoms with van der Waals surface area (Å²) in [4.78, 5) is 7.19. The molecule has 3 heteroatoms. The van der Waals surface area contributed by atoms with Crippen molar-refractivity contribution in [2.24, 2.45) is 10.7 Å². The molecule has 0 bridgehead atoms. The molecule has 1 aromatic carbocycles. The third-order valence-corrected chi connectivity index (χ3v) is 5.88. The van der Waals surface area contributed by atoms with Gasteiger partial charge in [-0.25, -0.2) is 0 Å². The Balaban J connectivity index is 1.81. The van der Waals surface area contributed by atoms with Crippen LogP contribution in [0.4, 0.5) is 0 Å². The van der Waals surface area contributed by atoms with E-state index in [1.807, 2.05) is 0 Å². The fraction of sp³-hybridized carbons (Fsp3) is 0.611. The van der Waals surface area contributed by atoms with Crippen molar-refractivity contribution in [3.05, 3.63) is 35.4 Å². The van der Waals surface area contributed by atoms with E-state index in [2.05, 4.69) is 41.1 Å². The van der Waals surface area contributed by atoms with Crippen molar-refractivity contribution in [3.63, 3.8) is 0 Å². The van der Waals surface area contributed by atoms with Crippen LogP contribution in [0.15, 0.2) is 29.3 Å². The number of fused-ring (bicyclic) bond motifs is 2. The van der Waals surface area contributed by atoms with E-state index in [0.29, 0.717) is 12.0 Å². The second-order valence-electron chi connectivity index (χ2n) is 7.04. The molecule has 1 heterocycles.